The van der Waals surface area contributed by atoms with Crippen molar-refractivity contribution in [3.63, 3.8) is 0 Å². The lowest BCUT2D eigenvalue weighted by atomic mass is 9.52. The summed E-state index contributed by atoms with van der Waals surface area (Å²) < 4.78 is 1.36. The minimum Gasteiger partial charge on any atom is -0.450 e. The molecule has 0 bridgehead atoms. The standard InChI is InChI=1S/C14H15BOS/c1-2-15(16)10-7-8-14-12(9-10)11-5-3-4-6-13(11)17-14/h3-8,10,16H,2,9H2,1H3. The van der Waals surface area contributed by atoms with Crippen LogP contribution in [0.25, 0.3) is 16.2 Å². The first kappa shape index (κ1) is 11.1. The first-order valence-electron chi connectivity index (χ1n) is 6.16. The fourth-order valence-electron chi connectivity index (χ4n) is 2.54. The van der Waals surface area contributed by atoms with Crippen LogP contribution in [0.4, 0.5) is 0 Å². The maximum atomic E-state index is 9.97. The maximum absolute atomic E-state index is 9.97. The highest BCUT2D eigenvalue weighted by atomic mass is 32.1. The van der Waals surface area contributed by atoms with Crippen LogP contribution in [-0.4, -0.2) is 11.9 Å². The second kappa shape index (κ2) is 4.32. The topological polar surface area (TPSA) is 20.2 Å². The second-order valence-electron chi connectivity index (χ2n) is 4.64. The SMILES string of the molecule is CCB(O)C1C=Cc2sc3ccccc3c2C1. The van der Waals surface area contributed by atoms with Gasteiger partial charge in [0.25, 0.3) is 6.92 Å². The van der Waals surface area contributed by atoms with E-state index < -0.39 is 0 Å². The first-order valence-corrected chi connectivity index (χ1v) is 6.98. The van der Waals surface area contributed by atoms with Crippen molar-refractivity contribution in [2.75, 3.05) is 0 Å². The molecule has 0 radical (unpaired) electrons. The predicted octanol–water partition coefficient (Wildman–Crippen LogP) is 3.84. The smallest absolute Gasteiger partial charge is 0.296 e. The Morgan fingerprint density at radius 3 is 3.06 bits per heavy atom. The van der Waals surface area contributed by atoms with Crippen molar-refractivity contribution in [3.8, 4) is 0 Å². The van der Waals surface area contributed by atoms with Crippen LogP contribution in [0.2, 0.25) is 12.1 Å². The Morgan fingerprint density at radius 1 is 1.41 bits per heavy atom. The molecule has 0 amide bonds. The van der Waals surface area contributed by atoms with E-state index in [1.807, 2.05) is 18.3 Å². The van der Waals surface area contributed by atoms with E-state index in [-0.39, 0.29) is 12.7 Å². The third kappa shape index (κ3) is 1.83. The van der Waals surface area contributed by atoms with E-state index >= 15 is 0 Å². The number of benzene rings is 1. The predicted molar refractivity (Wildman–Crippen MR) is 76.8 cm³/mol. The van der Waals surface area contributed by atoms with Gasteiger partial charge in [0.15, 0.2) is 0 Å². The fourth-order valence-corrected chi connectivity index (χ4v) is 3.69. The average Bonchev–Trinajstić information content (AvgIpc) is 2.75. The average molecular weight is 242 g/mol. The minimum atomic E-state index is -0.210. The lowest BCUT2D eigenvalue weighted by molar-refractivity contribution is 0.554. The molecule has 1 N–H and O–H groups in total. The van der Waals surface area contributed by atoms with Gasteiger partial charge in [-0.3, -0.25) is 0 Å². The monoisotopic (exact) mass is 242 g/mol. The van der Waals surface area contributed by atoms with Gasteiger partial charge in [0.05, 0.1) is 0 Å². The number of allylic oxidation sites excluding steroid dienone is 1. The van der Waals surface area contributed by atoms with Gasteiger partial charge in [-0.1, -0.05) is 31.2 Å². The normalized spacial score (nSPS) is 18.4. The van der Waals surface area contributed by atoms with Crippen molar-refractivity contribution in [3.05, 3.63) is 40.8 Å². The molecule has 0 saturated carbocycles. The summed E-state index contributed by atoms with van der Waals surface area (Å²) in [6, 6.07) is 8.56. The van der Waals surface area contributed by atoms with E-state index in [2.05, 4.69) is 36.4 Å². The lowest BCUT2D eigenvalue weighted by Gasteiger charge is -2.19. The number of hydrogen-bond donors (Lipinski definition) is 1. The highest BCUT2D eigenvalue weighted by molar-refractivity contribution is 7.20. The van der Waals surface area contributed by atoms with Gasteiger partial charge in [0.1, 0.15) is 0 Å². The molecule has 1 aliphatic carbocycles. The molecule has 1 heterocycles. The summed E-state index contributed by atoms with van der Waals surface area (Å²) in [6.07, 6.45) is 6.16. The highest BCUT2D eigenvalue weighted by Gasteiger charge is 2.25. The molecule has 0 saturated heterocycles. The molecule has 86 valence electrons. The Labute approximate surface area is 106 Å². The van der Waals surface area contributed by atoms with Crippen molar-refractivity contribution in [2.24, 2.45) is 0 Å². The second-order valence-corrected chi connectivity index (χ2v) is 5.73. The molecule has 17 heavy (non-hydrogen) atoms. The fraction of sp³-hybridized carbons (Fsp3) is 0.286. The van der Waals surface area contributed by atoms with E-state index in [4.69, 9.17) is 0 Å². The summed E-state index contributed by atoms with van der Waals surface area (Å²) in [5.74, 6) is 0.283. The van der Waals surface area contributed by atoms with Crippen LogP contribution in [0.1, 0.15) is 17.4 Å². The van der Waals surface area contributed by atoms with Gasteiger partial charge in [-0.15, -0.1) is 11.3 Å². The summed E-state index contributed by atoms with van der Waals surface area (Å²) in [4.78, 5) is 1.37. The molecule has 0 spiro atoms. The van der Waals surface area contributed by atoms with Crippen LogP contribution in [-0.2, 0) is 6.42 Å². The molecule has 1 nitrogen and oxygen atoms in total. The van der Waals surface area contributed by atoms with Crippen molar-refractivity contribution in [1.82, 2.24) is 0 Å². The van der Waals surface area contributed by atoms with Crippen LogP contribution in [0.15, 0.2) is 30.3 Å². The van der Waals surface area contributed by atoms with Gasteiger partial charge < -0.3 is 5.02 Å². The van der Waals surface area contributed by atoms with E-state index in [0.29, 0.717) is 0 Å². The molecular formula is C14H15BOS. The third-order valence-corrected chi connectivity index (χ3v) is 4.75. The van der Waals surface area contributed by atoms with E-state index in [0.717, 1.165) is 12.7 Å². The summed E-state index contributed by atoms with van der Waals surface area (Å²) >= 11 is 1.85. The highest BCUT2D eigenvalue weighted by Crippen LogP contribution is 2.39. The first-order chi connectivity index (χ1) is 8.29. The number of rotatable bonds is 2. The minimum absolute atomic E-state index is 0.210. The quantitative estimate of drug-likeness (QED) is 0.793. The molecule has 1 atom stereocenters. The van der Waals surface area contributed by atoms with Crippen molar-refractivity contribution in [1.29, 1.82) is 0 Å². The molecular weight excluding hydrogens is 227 g/mol. The van der Waals surface area contributed by atoms with E-state index in [9.17, 15) is 5.02 Å². The van der Waals surface area contributed by atoms with Crippen molar-refractivity contribution < 1.29 is 5.02 Å². The molecule has 0 aliphatic heterocycles. The van der Waals surface area contributed by atoms with Gasteiger partial charge in [0.2, 0.25) is 0 Å². The number of thiophene rings is 1. The van der Waals surface area contributed by atoms with Crippen molar-refractivity contribution >= 4 is 34.4 Å². The molecule has 3 rings (SSSR count). The zero-order chi connectivity index (χ0) is 11.8. The van der Waals surface area contributed by atoms with Gasteiger partial charge in [-0.05, 0) is 41.7 Å². The number of fused-ring (bicyclic) bond motifs is 3. The van der Waals surface area contributed by atoms with Crippen LogP contribution in [0, 0.1) is 0 Å². The molecule has 2 aromatic rings. The Kier molecular flexibility index (Phi) is 2.81. The maximum Gasteiger partial charge on any atom is 0.296 e. The van der Waals surface area contributed by atoms with Crippen LogP contribution in [0.5, 0.6) is 0 Å². The zero-order valence-electron chi connectivity index (χ0n) is 9.89. The summed E-state index contributed by atoms with van der Waals surface area (Å²) in [5.41, 5.74) is 1.42. The molecule has 3 heteroatoms. The molecule has 1 aliphatic rings. The van der Waals surface area contributed by atoms with Gasteiger partial charge in [0, 0.05) is 9.58 Å². The van der Waals surface area contributed by atoms with E-state index in [1.165, 1.54) is 20.5 Å². The van der Waals surface area contributed by atoms with E-state index in [1.54, 1.807) is 0 Å². The van der Waals surface area contributed by atoms with Gasteiger partial charge >= 0.3 is 0 Å². The summed E-state index contributed by atoms with van der Waals surface area (Å²) in [7, 11) is 0. The van der Waals surface area contributed by atoms with Crippen LogP contribution in [0.3, 0.4) is 0 Å². The van der Waals surface area contributed by atoms with Gasteiger partial charge in [-0.2, -0.15) is 0 Å². The summed E-state index contributed by atoms with van der Waals surface area (Å²) in [6.45, 7) is 1.83. The number of hydrogen-bond acceptors (Lipinski definition) is 2. The lowest BCUT2D eigenvalue weighted by Crippen LogP contribution is -2.21. The molecule has 0 fully saturated rings. The molecule has 1 unspecified atom stereocenters. The molecule has 1 aromatic heterocycles. The molecule has 1 aromatic carbocycles. The largest absolute Gasteiger partial charge is 0.450 e. The van der Waals surface area contributed by atoms with Gasteiger partial charge in [-0.25, -0.2) is 0 Å². The zero-order valence-corrected chi connectivity index (χ0v) is 10.7. The van der Waals surface area contributed by atoms with Crippen LogP contribution < -0.4 is 0 Å². The Bertz CT molecular complexity index is 573. The third-order valence-electron chi connectivity index (χ3n) is 3.58. The Balaban J connectivity index is 2.05. The van der Waals surface area contributed by atoms with Crippen LogP contribution >= 0.6 is 11.3 Å². The summed E-state index contributed by atoms with van der Waals surface area (Å²) in [5, 5.41) is 11.3. The van der Waals surface area contributed by atoms with Crippen molar-refractivity contribution in [2.45, 2.75) is 25.5 Å². The Hall–Kier alpha value is -1.06. The Morgan fingerprint density at radius 2 is 2.24 bits per heavy atom.